The van der Waals surface area contributed by atoms with E-state index in [0.717, 1.165) is 0 Å². The number of hydrogen-bond donors (Lipinski definition) is 0. The van der Waals surface area contributed by atoms with Crippen molar-refractivity contribution in [1.29, 1.82) is 0 Å². The van der Waals surface area contributed by atoms with Crippen molar-refractivity contribution in [2.24, 2.45) is 0 Å². The highest BCUT2D eigenvalue weighted by Crippen LogP contribution is 2.48. The number of aromatic nitrogens is 2. The molecule has 0 N–H and O–H groups in total. The number of ether oxygens (including phenoxy) is 1. The van der Waals surface area contributed by atoms with Crippen LogP contribution in [0.4, 0.5) is 4.39 Å². The van der Waals surface area contributed by atoms with Crippen LogP contribution in [-0.4, -0.2) is 23.2 Å². The molecule has 0 radical (unpaired) electrons. The van der Waals surface area contributed by atoms with Gasteiger partial charge in [0.25, 0.3) is 0 Å². The molecule has 0 saturated heterocycles. The van der Waals surface area contributed by atoms with E-state index in [1.807, 2.05) is 0 Å². The van der Waals surface area contributed by atoms with Gasteiger partial charge in [0.15, 0.2) is 0 Å². The lowest BCUT2D eigenvalue weighted by Gasteiger charge is -2.05. The number of carbonyl (C=O) groups is 1. The van der Waals surface area contributed by atoms with Gasteiger partial charge in [0, 0.05) is 5.56 Å². The van der Waals surface area contributed by atoms with Gasteiger partial charge in [-0.3, -0.25) is 4.79 Å². The van der Waals surface area contributed by atoms with Crippen LogP contribution in [0.25, 0.3) is 11.4 Å². The largest absolute Gasteiger partial charge is 0.468 e. The fourth-order valence-electron chi connectivity index (χ4n) is 2.14. The summed E-state index contributed by atoms with van der Waals surface area (Å²) in [6.45, 7) is 1.66. The molecule has 0 spiro atoms. The minimum atomic E-state index is -0.783. The molecule has 1 heterocycles. The summed E-state index contributed by atoms with van der Waals surface area (Å²) in [5, 5.41) is 3.86. The van der Waals surface area contributed by atoms with Crippen LogP contribution >= 0.6 is 0 Å². The molecule has 0 amide bonds. The maximum absolute atomic E-state index is 13.2. The van der Waals surface area contributed by atoms with E-state index < -0.39 is 5.41 Å². The van der Waals surface area contributed by atoms with E-state index in [1.54, 1.807) is 19.1 Å². The van der Waals surface area contributed by atoms with Crippen molar-refractivity contribution in [3.8, 4) is 11.4 Å². The lowest BCUT2D eigenvalue weighted by molar-refractivity contribution is -0.144. The summed E-state index contributed by atoms with van der Waals surface area (Å²) in [5.41, 5.74) is 0.372. The van der Waals surface area contributed by atoms with Crippen molar-refractivity contribution < 1.29 is 18.4 Å². The van der Waals surface area contributed by atoms with Gasteiger partial charge in [0.2, 0.25) is 11.7 Å². The quantitative estimate of drug-likeness (QED) is 0.805. The van der Waals surface area contributed by atoms with Gasteiger partial charge >= 0.3 is 5.97 Å². The number of hydrogen-bond acceptors (Lipinski definition) is 5. The van der Waals surface area contributed by atoms with Crippen molar-refractivity contribution in [3.05, 3.63) is 35.5 Å². The second kappa shape index (κ2) is 4.40. The predicted molar refractivity (Wildman–Crippen MR) is 67.4 cm³/mol. The Bertz CT molecular complexity index is 677. The molecule has 6 heteroatoms. The lowest BCUT2D eigenvalue weighted by atomic mass is 10.1. The standard InChI is InChI=1S/C14H13FN2O3/c1-8-7-9(3-4-10(8)15)11-16-12(20-17-11)14(5-6-14)13(18)19-2/h3-4,7H,5-6H2,1-2H3. The third-order valence-corrected chi connectivity index (χ3v) is 3.58. The van der Waals surface area contributed by atoms with Gasteiger partial charge in [-0.2, -0.15) is 4.98 Å². The zero-order chi connectivity index (χ0) is 14.3. The van der Waals surface area contributed by atoms with Gasteiger partial charge in [-0.15, -0.1) is 0 Å². The zero-order valence-corrected chi connectivity index (χ0v) is 11.1. The summed E-state index contributed by atoms with van der Waals surface area (Å²) in [6.07, 6.45) is 1.29. The first-order valence-electron chi connectivity index (χ1n) is 6.26. The second-order valence-corrected chi connectivity index (χ2v) is 4.96. The van der Waals surface area contributed by atoms with Crippen LogP contribution in [-0.2, 0) is 14.9 Å². The SMILES string of the molecule is COC(=O)C1(c2nc(-c3ccc(F)c(C)c3)no2)CC1. The molecule has 0 bridgehead atoms. The van der Waals surface area contributed by atoms with E-state index in [4.69, 9.17) is 9.26 Å². The number of nitrogens with zero attached hydrogens (tertiary/aromatic N) is 2. The van der Waals surface area contributed by atoms with Crippen LogP contribution in [0.15, 0.2) is 22.7 Å². The minimum Gasteiger partial charge on any atom is -0.468 e. The molecule has 1 saturated carbocycles. The molecule has 104 valence electrons. The maximum atomic E-state index is 13.2. The fraction of sp³-hybridized carbons (Fsp3) is 0.357. The van der Waals surface area contributed by atoms with Crippen LogP contribution < -0.4 is 0 Å². The summed E-state index contributed by atoms with van der Waals surface area (Å²) in [7, 11) is 1.34. The molecule has 3 rings (SSSR count). The molecule has 20 heavy (non-hydrogen) atoms. The minimum absolute atomic E-state index is 0.265. The molecule has 5 nitrogen and oxygen atoms in total. The number of carbonyl (C=O) groups excluding carboxylic acids is 1. The van der Waals surface area contributed by atoms with Crippen molar-refractivity contribution in [2.75, 3.05) is 7.11 Å². The van der Waals surface area contributed by atoms with Crippen LogP contribution in [0, 0.1) is 12.7 Å². The third-order valence-electron chi connectivity index (χ3n) is 3.58. The maximum Gasteiger partial charge on any atom is 0.321 e. The zero-order valence-electron chi connectivity index (χ0n) is 11.1. The van der Waals surface area contributed by atoms with Gasteiger partial charge in [-0.05, 0) is 43.5 Å². The van der Waals surface area contributed by atoms with Gasteiger partial charge < -0.3 is 9.26 Å². The summed E-state index contributed by atoms with van der Waals surface area (Å²) in [4.78, 5) is 16.0. The molecule has 1 aliphatic carbocycles. The van der Waals surface area contributed by atoms with Crippen molar-refractivity contribution >= 4 is 5.97 Å². The molecule has 1 aromatic carbocycles. The van der Waals surface area contributed by atoms with Crippen molar-refractivity contribution in [1.82, 2.24) is 10.1 Å². The Hall–Kier alpha value is -2.24. The fourth-order valence-corrected chi connectivity index (χ4v) is 2.14. The van der Waals surface area contributed by atoms with E-state index >= 15 is 0 Å². The first-order valence-corrected chi connectivity index (χ1v) is 6.26. The van der Waals surface area contributed by atoms with E-state index in [-0.39, 0.29) is 17.7 Å². The van der Waals surface area contributed by atoms with Gasteiger partial charge in [0.1, 0.15) is 11.2 Å². The Labute approximate surface area is 114 Å². The van der Waals surface area contributed by atoms with Crippen LogP contribution in [0.1, 0.15) is 24.3 Å². The first-order chi connectivity index (χ1) is 9.56. The summed E-state index contributed by atoms with van der Waals surface area (Å²) < 4.78 is 23.2. The molecule has 0 unspecified atom stereocenters. The number of rotatable bonds is 3. The molecule has 1 fully saturated rings. The Balaban J connectivity index is 1.94. The average molecular weight is 276 g/mol. The number of methoxy groups -OCH3 is 1. The highest BCUT2D eigenvalue weighted by molar-refractivity contribution is 5.85. The highest BCUT2D eigenvalue weighted by atomic mass is 19.1. The number of esters is 1. The van der Waals surface area contributed by atoms with Crippen molar-refractivity contribution in [2.45, 2.75) is 25.2 Å². The Kier molecular flexibility index (Phi) is 2.81. The smallest absolute Gasteiger partial charge is 0.321 e. The monoisotopic (exact) mass is 276 g/mol. The average Bonchev–Trinajstić information content (AvgIpc) is 3.11. The molecule has 0 atom stereocenters. The Morgan fingerprint density at radius 1 is 1.45 bits per heavy atom. The molecular formula is C14H13FN2O3. The Morgan fingerprint density at radius 2 is 2.20 bits per heavy atom. The molecule has 1 aromatic heterocycles. The number of aryl methyl sites for hydroxylation is 1. The number of halogens is 1. The normalized spacial score (nSPS) is 15.9. The predicted octanol–water partition coefficient (Wildman–Crippen LogP) is 2.39. The van der Waals surface area contributed by atoms with Crippen LogP contribution in [0.5, 0.6) is 0 Å². The second-order valence-electron chi connectivity index (χ2n) is 4.96. The first kappa shape index (κ1) is 12.8. The van der Waals surface area contributed by atoms with Gasteiger partial charge in [0.05, 0.1) is 7.11 Å². The molecule has 2 aromatic rings. The van der Waals surface area contributed by atoms with E-state index in [1.165, 1.54) is 13.2 Å². The van der Waals surface area contributed by atoms with E-state index in [0.29, 0.717) is 29.8 Å². The van der Waals surface area contributed by atoms with Crippen LogP contribution in [0.2, 0.25) is 0 Å². The summed E-state index contributed by atoms with van der Waals surface area (Å²) >= 11 is 0. The van der Waals surface area contributed by atoms with Crippen molar-refractivity contribution in [3.63, 3.8) is 0 Å². The van der Waals surface area contributed by atoms with Gasteiger partial charge in [-0.25, -0.2) is 4.39 Å². The Morgan fingerprint density at radius 3 is 2.80 bits per heavy atom. The molecule has 1 aliphatic rings. The topological polar surface area (TPSA) is 65.2 Å². The van der Waals surface area contributed by atoms with Gasteiger partial charge in [-0.1, -0.05) is 5.16 Å². The molecule has 0 aliphatic heterocycles. The highest BCUT2D eigenvalue weighted by Gasteiger charge is 2.57. The number of benzene rings is 1. The molecular weight excluding hydrogens is 263 g/mol. The van der Waals surface area contributed by atoms with Crippen LogP contribution in [0.3, 0.4) is 0 Å². The van der Waals surface area contributed by atoms with E-state index in [9.17, 15) is 9.18 Å². The van der Waals surface area contributed by atoms with E-state index in [2.05, 4.69) is 10.1 Å². The summed E-state index contributed by atoms with van der Waals surface area (Å²) in [5.74, 6) is -0.0340. The lowest BCUT2D eigenvalue weighted by Crippen LogP contribution is -2.22. The summed E-state index contributed by atoms with van der Waals surface area (Å²) in [6, 6.07) is 4.57. The third kappa shape index (κ3) is 1.88.